The minimum atomic E-state index is 0.0452. The van der Waals surface area contributed by atoms with Crippen molar-refractivity contribution in [3.63, 3.8) is 0 Å². The summed E-state index contributed by atoms with van der Waals surface area (Å²) in [5, 5.41) is 1.43. The molecule has 2 N–H and O–H groups in total. The van der Waals surface area contributed by atoms with E-state index in [1.54, 1.807) is 0 Å². The molecule has 1 aromatic carbocycles. The van der Waals surface area contributed by atoms with Crippen molar-refractivity contribution in [1.82, 2.24) is 0 Å². The lowest BCUT2D eigenvalue weighted by molar-refractivity contribution is 0.926. The van der Waals surface area contributed by atoms with Gasteiger partial charge in [-0.2, -0.15) is 0 Å². The molecule has 1 rings (SSSR count). The Morgan fingerprint density at radius 1 is 1.33 bits per heavy atom. The molecule has 1 aromatic rings. The topological polar surface area (TPSA) is 26.0 Å². The molecule has 1 unspecified atom stereocenters. The normalized spacial score (nSPS) is 14.6. The molecule has 0 fully saturated rings. The average molecular weight is 282 g/mol. The van der Waals surface area contributed by atoms with E-state index in [1.807, 2.05) is 61.6 Å². The Hall–Kier alpha value is -1.02. The molecule has 0 aliphatic heterocycles. The third kappa shape index (κ3) is 6.65. The van der Waals surface area contributed by atoms with Gasteiger partial charge >= 0.3 is 0 Å². The Bertz CT molecular complexity index is 442. The van der Waals surface area contributed by atoms with Gasteiger partial charge in [-0.1, -0.05) is 53.6 Å². The van der Waals surface area contributed by atoms with E-state index in [-0.39, 0.29) is 6.04 Å². The monoisotopic (exact) mass is 281 g/mol. The first-order chi connectivity index (χ1) is 8.58. The standard InChI is InChI=1S/C15H17Cl2N/c1-12(18)4-2-6-14(16)7-3-5-13-8-10-15(17)11-9-13/h2-4,6-12H,5,18H2,1H3/b4-2+,7-3-,14-6+. The first-order valence-electron chi connectivity index (χ1n) is 5.78. The lowest BCUT2D eigenvalue weighted by Gasteiger charge is -1.96. The van der Waals surface area contributed by atoms with Gasteiger partial charge in [0, 0.05) is 16.1 Å². The van der Waals surface area contributed by atoms with Crippen molar-refractivity contribution in [2.75, 3.05) is 0 Å². The summed E-state index contributed by atoms with van der Waals surface area (Å²) in [6.45, 7) is 1.91. The summed E-state index contributed by atoms with van der Waals surface area (Å²) in [5.74, 6) is 0. The average Bonchev–Trinajstić information content (AvgIpc) is 2.31. The maximum atomic E-state index is 6.02. The van der Waals surface area contributed by atoms with Gasteiger partial charge in [0.15, 0.2) is 0 Å². The van der Waals surface area contributed by atoms with Crippen LogP contribution in [0, 0.1) is 0 Å². The van der Waals surface area contributed by atoms with Crippen LogP contribution in [0.25, 0.3) is 0 Å². The van der Waals surface area contributed by atoms with Crippen LogP contribution in [0.1, 0.15) is 12.5 Å². The summed E-state index contributed by atoms with van der Waals surface area (Å²) in [7, 11) is 0. The number of halogens is 2. The van der Waals surface area contributed by atoms with Crippen LogP contribution in [-0.4, -0.2) is 6.04 Å². The van der Waals surface area contributed by atoms with Gasteiger partial charge in [-0.3, -0.25) is 0 Å². The Morgan fingerprint density at radius 2 is 2.00 bits per heavy atom. The molecule has 0 aliphatic carbocycles. The molecule has 0 spiro atoms. The van der Waals surface area contributed by atoms with Crippen molar-refractivity contribution in [2.24, 2.45) is 5.73 Å². The van der Waals surface area contributed by atoms with E-state index in [1.165, 1.54) is 5.56 Å². The van der Waals surface area contributed by atoms with Gasteiger partial charge in [-0.05, 0) is 43.2 Å². The van der Waals surface area contributed by atoms with Crippen molar-refractivity contribution in [1.29, 1.82) is 0 Å². The number of benzene rings is 1. The van der Waals surface area contributed by atoms with Crippen molar-refractivity contribution < 1.29 is 0 Å². The van der Waals surface area contributed by atoms with Gasteiger partial charge in [0.05, 0.1) is 0 Å². The van der Waals surface area contributed by atoms with E-state index in [2.05, 4.69) is 0 Å². The largest absolute Gasteiger partial charge is 0.325 e. The molecule has 18 heavy (non-hydrogen) atoms. The number of hydrogen-bond acceptors (Lipinski definition) is 1. The van der Waals surface area contributed by atoms with Crippen molar-refractivity contribution in [2.45, 2.75) is 19.4 Å². The van der Waals surface area contributed by atoms with Gasteiger partial charge in [-0.25, -0.2) is 0 Å². The number of rotatable bonds is 5. The summed E-state index contributed by atoms with van der Waals surface area (Å²) in [6.07, 6.45) is 10.3. The molecule has 0 bridgehead atoms. The third-order valence-electron chi connectivity index (χ3n) is 2.21. The highest BCUT2D eigenvalue weighted by atomic mass is 35.5. The van der Waals surface area contributed by atoms with Gasteiger partial charge in [0.2, 0.25) is 0 Å². The summed E-state index contributed by atoms with van der Waals surface area (Å²) in [6, 6.07) is 7.81. The van der Waals surface area contributed by atoms with E-state index >= 15 is 0 Å². The maximum Gasteiger partial charge on any atom is 0.0406 e. The molecule has 3 heteroatoms. The van der Waals surface area contributed by atoms with E-state index < -0.39 is 0 Å². The number of hydrogen-bond donors (Lipinski definition) is 1. The molecule has 0 aromatic heterocycles. The highest BCUT2D eigenvalue weighted by Gasteiger charge is 1.90. The fraction of sp³-hybridized carbons (Fsp3) is 0.200. The summed E-state index contributed by atoms with van der Waals surface area (Å²) in [4.78, 5) is 0. The second kappa shape index (κ2) is 8.15. The van der Waals surface area contributed by atoms with Crippen LogP contribution < -0.4 is 5.73 Å². The zero-order valence-electron chi connectivity index (χ0n) is 10.3. The van der Waals surface area contributed by atoms with Gasteiger partial charge in [-0.15, -0.1) is 0 Å². The predicted molar refractivity (Wildman–Crippen MR) is 81.0 cm³/mol. The highest BCUT2D eigenvalue weighted by molar-refractivity contribution is 6.31. The van der Waals surface area contributed by atoms with Crippen LogP contribution in [-0.2, 0) is 6.42 Å². The van der Waals surface area contributed by atoms with E-state index in [0.717, 1.165) is 11.4 Å². The third-order valence-corrected chi connectivity index (χ3v) is 2.72. The Morgan fingerprint density at radius 3 is 2.61 bits per heavy atom. The minimum Gasteiger partial charge on any atom is -0.325 e. The smallest absolute Gasteiger partial charge is 0.0406 e. The van der Waals surface area contributed by atoms with E-state index in [0.29, 0.717) is 5.03 Å². The fourth-order valence-electron chi connectivity index (χ4n) is 1.31. The zero-order valence-corrected chi connectivity index (χ0v) is 11.8. The summed E-state index contributed by atoms with van der Waals surface area (Å²) >= 11 is 11.8. The summed E-state index contributed by atoms with van der Waals surface area (Å²) in [5.41, 5.74) is 6.78. The number of allylic oxidation sites excluding steroid dienone is 5. The summed E-state index contributed by atoms with van der Waals surface area (Å²) < 4.78 is 0. The van der Waals surface area contributed by atoms with Crippen LogP contribution in [0.3, 0.4) is 0 Å². The fourth-order valence-corrected chi connectivity index (χ4v) is 1.59. The molecule has 0 amide bonds. The molecule has 96 valence electrons. The predicted octanol–water partition coefficient (Wildman–Crippen LogP) is 4.46. The molecule has 0 radical (unpaired) electrons. The van der Waals surface area contributed by atoms with Crippen LogP contribution in [0.5, 0.6) is 0 Å². The van der Waals surface area contributed by atoms with Gasteiger partial charge in [0.25, 0.3) is 0 Å². The SMILES string of the molecule is CC(N)/C=C/C=C(Cl)\C=C/Cc1ccc(Cl)cc1. The number of nitrogens with two attached hydrogens (primary N) is 1. The van der Waals surface area contributed by atoms with Gasteiger partial charge in [0.1, 0.15) is 0 Å². The molecular weight excluding hydrogens is 265 g/mol. The Labute approximate surface area is 119 Å². The van der Waals surface area contributed by atoms with E-state index in [4.69, 9.17) is 28.9 Å². The zero-order chi connectivity index (χ0) is 13.4. The molecule has 0 aliphatic rings. The van der Waals surface area contributed by atoms with Gasteiger partial charge < -0.3 is 5.73 Å². The molecule has 0 saturated carbocycles. The van der Waals surface area contributed by atoms with Crippen LogP contribution in [0.15, 0.2) is 59.7 Å². The first-order valence-corrected chi connectivity index (χ1v) is 6.54. The second-order valence-electron chi connectivity index (χ2n) is 4.03. The molecule has 0 saturated heterocycles. The van der Waals surface area contributed by atoms with Crippen molar-refractivity contribution in [3.8, 4) is 0 Å². The Kier molecular flexibility index (Phi) is 6.81. The molecule has 0 heterocycles. The van der Waals surface area contributed by atoms with E-state index in [9.17, 15) is 0 Å². The molecule has 1 nitrogen and oxygen atoms in total. The quantitative estimate of drug-likeness (QED) is 0.792. The second-order valence-corrected chi connectivity index (χ2v) is 4.90. The van der Waals surface area contributed by atoms with Crippen molar-refractivity contribution in [3.05, 3.63) is 70.3 Å². The lowest BCUT2D eigenvalue weighted by atomic mass is 10.1. The maximum absolute atomic E-state index is 6.02. The Balaban J connectivity index is 2.47. The molecular formula is C15H17Cl2N. The first kappa shape index (κ1) is 15.0. The lowest BCUT2D eigenvalue weighted by Crippen LogP contribution is -2.09. The minimum absolute atomic E-state index is 0.0452. The van der Waals surface area contributed by atoms with Crippen molar-refractivity contribution >= 4 is 23.2 Å². The molecule has 1 atom stereocenters. The van der Waals surface area contributed by atoms with Crippen LogP contribution in [0.4, 0.5) is 0 Å². The van der Waals surface area contributed by atoms with Crippen LogP contribution in [0.2, 0.25) is 5.02 Å². The van der Waals surface area contributed by atoms with Crippen LogP contribution >= 0.6 is 23.2 Å². The highest BCUT2D eigenvalue weighted by Crippen LogP contribution is 2.11.